The first-order valence-electron chi connectivity index (χ1n) is 6.59. The smallest absolute Gasteiger partial charge is 0.326 e. The quantitative estimate of drug-likeness (QED) is 0.862. The van der Waals surface area contributed by atoms with Crippen LogP contribution < -0.4 is 5.32 Å². The van der Waals surface area contributed by atoms with Gasteiger partial charge in [0.2, 0.25) is 0 Å². The fourth-order valence-electron chi connectivity index (χ4n) is 2.81. The largest absolute Gasteiger partial charge is 0.480 e. The van der Waals surface area contributed by atoms with Crippen molar-refractivity contribution in [3.63, 3.8) is 0 Å². The third kappa shape index (κ3) is 2.71. The van der Waals surface area contributed by atoms with Gasteiger partial charge < -0.3 is 10.4 Å². The lowest BCUT2D eigenvalue weighted by Gasteiger charge is -2.32. The summed E-state index contributed by atoms with van der Waals surface area (Å²) < 4.78 is 0. The van der Waals surface area contributed by atoms with Crippen LogP contribution in [0.3, 0.4) is 0 Å². The molecule has 0 fully saturated rings. The summed E-state index contributed by atoms with van der Waals surface area (Å²) in [5, 5.41) is 13.4. The molecule has 2 aromatic rings. The van der Waals surface area contributed by atoms with Gasteiger partial charge in [0.25, 0.3) is 0 Å². The van der Waals surface area contributed by atoms with E-state index in [4.69, 9.17) is 23.2 Å². The Morgan fingerprint density at radius 3 is 2.57 bits per heavy atom. The zero-order chi connectivity index (χ0) is 15.0. The monoisotopic (exact) mass is 321 g/mol. The number of carbonyl (C=O) groups is 1. The maximum atomic E-state index is 11.4. The molecule has 2 aromatic carbocycles. The number of halogens is 2. The van der Waals surface area contributed by atoms with Crippen LogP contribution in [0.25, 0.3) is 0 Å². The van der Waals surface area contributed by atoms with Crippen LogP contribution in [-0.4, -0.2) is 17.1 Å². The summed E-state index contributed by atoms with van der Waals surface area (Å²) in [7, 11) is 0. The summed E-state index contributed by atoms with van der Waals surface area (Å²) >= 11 is 12.4. The van der Waals surface area contributed by atoms with Crippen LogP contribution in [0.4, 0.5) is 5.69 Å². The maximum Gasteiger partial charge on any atom is 0.326 e. The Bertz CT molecular complexity index is 688. The normalized spacial score (nSPS) is 20.5. The number of hydrogen-bond donors (Lipinski definition) is 2. The Morgan fingerprint density at radius 1 is 1.19 bits per heavy atom. The third-order valence-electron chi connectivity index (χ3n) is 3.74. The van der Waals surface area contributed by atoms with E-state index >= 15 is 0 Å². The summed E-state index contributed by atoms with van der Waals surface area (Å²) in [6, 6.07) is 12.6. The zero-order valence-corrected chi connectivity index (χ0v) is 12.5. The van der Waals surface area contributed by atoms with Gasteiger partial charge in [-0.2, -0.15) is 0 Å². The highest BCUT2D eigenvalue weighted by atomic mass is 35.5. The number of nitrogens with one attached hydrogen (secondary N) is 1. The zero-order valence-electron chi connectivity index (χ0n) is 11.0. The molecule has 1 aliphatic rings. The van der Waals surface area contributed by atoms with Gasteiger partial charge in [0.05, 0.1) is 0 Å². The molecule has 0 aromatic heterocycles. The van der Waals surface area contributed by atoms with E-state index in [1.807, 2.05) is 30.3 Å². The number of benzene rings is 2. The van der Waals surface area contributed by atoms with Crippen LogP contribution in [0.15, 0.2) is 42.5 Å². The van der Waals surface area contributed by atoms with Gasteiger partial charge in [-0.1, -0.05) is 53.5 Å². The second-order valence-corrected chi connectivity index (χ2v) is 5.93. The Hall–Kier alpha value is -1.71. The molecule has 0 bridgehead atoms. The van der Waals surface area contributed by atoms with Crippen molar-refractivity contribution in [2.75, 3.05) is 5.32 Å². The maximum absolute atomic E-state index is 11.4. The van der Waals surface area contributed by atoms with Crippen LogP contribution >= 0.6 is 23.2 Å². The first kappa shape index (κ1) is 14.2. The van der Waals surface area contributed by atoms with E-state index in [1.54, 1.807) is 12.1 Å². The molecular weight excluding hydrogens is 309 g/mol. The van der Waals surface area contributed by atoms with Gasteiger partial charge in [0.15, 0.2) is 0 Å². The van der Waals surface area contributed by atoms with E-state index in [0.717, 1.165) is 11.1 Å². The van der Waals surface area contributed by atoms with Crippen LogP contribution in [0.2, 0.25) is 10.0 Å². The lowest BCUT2D eigenvalue weighted by molar-refractivity contribution is -0.138. The molecule has 108 valence electrons. The summed E-state index contributed by atoms with van der Waals surface area (Å²) in [5.41, 5.74) is 2.65. The molecule has 2 N–H and O–H groups in total. The summed E-state index contributed by atoms with van der Waals surface area (Å²) in [4.78, 5) is 11.4. The van der Waals surface area contributed by atoms with E-state index in [0.29, 0.717) is 22.2 Å². The van der Waals surface area contributed by atoms with Gasteiger partial charge in [0, 0.05) is 27.2 Å². The Balaban J connectivity index is 2.14. The van der Waals surface area contributed by atoms with Gasteiger partial charge in [0.1, 0.15) is 6.04 Å². The number of hydrogen-bond acceptors (Lipinski definition) is 2. The Labute approximate surface area is 132 Å². The molecular formula is C16H13Cl2NO2. The van der Waals surface area contributed by atoms with Crippen molar-refractivity contribution in [1.82, 2.24) is 0 Å². The van der Waals surface area contributed by atoms with Crippen molar-refractivity contribution in [1.29, 1.82) is 0 Å². The molecule has 0 saturated heterocycles. The molecule has 3 rings (SSSR count). The third-order valence-corrected chi connectivity index (χ3v) is 4.27. The van der Waals surface area contributed by atoms with Crippen LogP contribution in [0.5, 0.6) is 0 Å². The van der Waals surface area contributed by atoms with Gasteiger partial charge in [-0.25, -0.2) is 4.79 Å². The van der Waals surface area contributed by atoms with Crippen molar-refractivity contribution >= 4 is 34.9 Å². The average molecular weight is 322 g/mol. The van der Waals surface area contributed by atoms with Crippen LogP contribution in [0, 0.1) is 0 Å². The van der Waals surface area contributed by atoms with E-state index < -0.39 is 12.0 Å². The van der Waals surface area contributed by atoms with Gasteiger partial charge in [-0.15, -0.1) is 0 Å². The van der Waals surface area contributed by atoms with E-state index in [9.17, 15) is 9.90 Å². The molecule has 1 heterocycles. The van der Waals surface area contributed by atoms with E-state index in [2.05, 4.69) is 5.32 Å². The van der Waals surface area contributed by atoms with Gasteiger partial charge in [-0.05, 0) is 24.1 Å². The predicted octanol–water partition coefficient (Wildman–Crippen LogP) is 4.39. The van der Waals surface area contributed by atoms with Gasteiger partial charge in [-0.3, -0.25) is 0 Å². The molecule has 0 aliphatic carbocycles. The summed E-state index contributed by atoms with van der Waals surface area (Å²) in [5.74, 6) is -0.939. The number of carboxylic acids is 1. The minimum absolute atomic E-state index is 0.0617. The molecule has 0 amide bonds. The number of aliphatic carboxylic acids is 1. The predicted molar refractivity (Wildman–Crippen MR) is 84.4 cm³/mol. The van der Waals surface area contributed by atoms with E-state index in [1.165, 1.54) is 0 Å². The lowest BCUT2D eigenvalue weighted by atomic mass is 9.82. The van der Waals surface area contributed by atoms with Crippen molar-refractivity contribution in [2.24, 2.45) is 0 Å². The Morgan fingerprint density at radius 2 is 1.90 bits per heavy atom. The van der Waals surface area contributed by atoms with Crippen molar-refractivity contribution < 1.29 is 9.90 Å². The molecule has 0 spiro atoms. The van der Waals surface area contributed by atoms with E-state index in [-0.39, 0.29) is 5.92 Å². The van der Waals surface area contributed by atoms with Crippen LogP contribution in [-0.2, 0) is 4.79 Å². The number of rotatable bonds is 2. The summed E-state index contributed by atoms with van der Waals surface area (Å²) in [6.45, 7) is 0. The minimum atomic E-state index is -0.877. The molecule has 0 radical (unpaired) electrons. The topological polar surface area (TPSA) is 49.3 Å². The average Bonchev–Trinajstić information content (AvgIpc) is 2.46. The molecule has 21 heavy (non-hydrogen) atoms. The molecule has 0 saturated carbocycles. The second-order valence-electron chi connectivity index (χ2n) is 5.08. The molecule has 5 heteroatoms. The Kier molecular flexibility index (Phi) is 3.79. The standard InChI is InChI=1S/C16H13Cl2NO2/c17-10-6-12(18)15-11(9-4-2-1-3-5-9)8-14(16(20)21)19-13(15)7-10/h1-7,11,14,19H,8H2,(H,20,21). The molecule has 3 nitrogen and oxygen atoms in total. The first-order chi connectivity index (χ1) is 10.1. The fraction of sp³-hybridized carbons (Fsp3) is 0.188. The minimum Gasteiger partial charge on any atom is -0.480 e. The number of anilines is 1. The lowest BCUT2D eigenvalue weighted by Crippen LogP contribution is -2.35. The molecule has 2 atom stereocenters. The van der Waals surface area contributed by atoms with Crippen molar-refractivity contribution in [3.8, 4) is 0 Å². The van der Waals surface area contributed by atoms with Gasteiger partial charge >= 0.3 is 5.97 Å². The number of carboxylic acid groups (broad SMARTS) is 1. The van der Waals surface area contributed by atoms with Crippen LogP contribution in [0.1, 0.15) is 23.5 Å². The first-order valence-corrected chi connectivity index (χ1v) is 7.35. The summed E-state index contributed by atoms with van der Waals surface area (Å²) in [6.07, 6.45) is 0.452. The molecule has 1 aliphatic heterocycles. The highest BCUT2D eigenvalue weighted by molar-refractivity contribution is 6.35. The second kappa shape index (κ2) is 5.58. The van der Waals surface area contributed by atoms with Crippen molar-refractivity contribution in [3.05, 3.63) is 63.6 Å². The SMILES string of the molecule is O=C(O)C1CC(c2ccccc2)c2c(Cl)cc(Cl)cc2N1. The fourth-order valence-corrected chi connectivity index (χ4v) is 3.43. The number of fused-ring (bicyclic) bond motifs is 1. The molecule has 2 unspecified atom stereocenters. The highest BCUT2D eigenvalue weighted by Crippen LogP contribution is 2.44. The highest BCUT2D eigenvalue weighted by Gasteiger charge is 2.33. The van der Waals surface area contributed by atoms with Crippen molar-refractivity contribution in [2.45, 2.75) is 18.4 Å².